The predicted octanol–water partition coefficient (Wildman–Crippen LogP) is 3.53. The minimum absolute atomic E-state index is 0.0171. The first-order valence-corrected chi connectivity index (χ1v) is 9.35. The Hall–Kier alpha value is -2.02. The molecule has 140 valence electrons. The van der Waals surface area contributed by atoms with Crippen LogP contribution in [-0.4, -0.2) is 36.2 Å². The lowest BCUT2D eigenvalue weighted by Crippen LogP contribution is -2.33. The Balaban J connectivity index is 2.02. The Morgan fingerprint density at radius 1 is 1.23 bits per heavy atom. The number of ether oxygens (including phenoxy) is 2. The molecule has 2 heterocycles. The number of aromatic nitrogens is 2. The van der Waals surface area contributed by atoms with E-state index in [1.165, 1.54) is 0 Å². The lowest BCUT2D eigenvalue weighted by atomic mass is 9.96. The Morgan fingerprint density at radius 3 is 2.50 bits per heavy atom. The number of amides is 1. The molecule has 0 bridgehead atoms. The van der Waals surface area contributed by atoms with Gasteiger partial charge in [0.25, 0.3) is 5.91 Å². The van der Waals surface area contributed by atoms with Crippen LogP contribution in [0.3, 0.4) is 0 Å². The van der Waals surface area contributed by atoms with Gasteiger partial charge in [-0.15, -0.1) is 0 Å². The molecule has 2 aromatic rings. The van der Waals surface area contributed by atoms with Crippen molar-refractivity contribution in [2.24, 2.45) is 5.41 Å². The summed E-state index contributed by atoms with van der Waals surface area (Å²) in [6.07, 6.45) is 1.55. The van der Waals surface area contributed by atoms with Gasteiger partial charge in [0.05, 0.1) is 25.6 Å². The van der Waals surface area contributed by atoms with Gasteiger partial charge in [-0.05, 0) is 45.8 Å². The number of hydrogen-bond acceptors (Lipinski definition) is 4. The Morgan fingerprint density at radius 2 is 1.88 bits per heavy atom. The maximum absolute atomic E-state index is 12.7. The zero-order chi connectivity index (χ0) is 19.1. The van der Waals surface area contributed by atoms with Crippen molar-refractivity contribution in [3.63, 3.8) is 0 Å². The van der Waals surface area contributed by atoms with E-state index in [1.807, 2.05) is 16.7 Å². The number of halogens is 1. The van der Waals surface area contributed by atoms with E-state index in [2.05, 4.69) is 47.0 Å². The number of nitrogens with one attached hydrogen (secondary N) is 1. The zero-order valence-electron chi connectivity index (χ0n) is 15.8. The highest BCUT2D eigenvalue weighted by atomic mass is 79.9. The molecule has 0 fully saturated rings. The second-order valence-corrected chi connectivity index (χ2v) is 8.30. The molecular formula is C19H24BrN3O3. The molecule has 1 aliphatic heterocycles. The molecule has 1 N–H and O–H groups in total. The topological polar surface area (TPSA) is 65.4 Å². The first kappa shape index (κ1) is 18.8. The summed E-state index contributed by atoms with van der Waals surface area (Å²) in [5, 5.41) is 2.99. The van der Waals surface area contributed by atoms with Crippen molar-refractivity contribution in [3.8, 4) is 17.2 Å². The van der Waals surface area contributed by atoms with E-state index < -0.39 is 0 Å². The Labute approximate surface area is 162 Å². The lowest BCUT2D eigenvalue weighted by Gasteiger charge is -2.22. The predicted molar refractivity (Wildman–Crippen MR) is 104 cm³/mol. The fourth-order valence-corrected chi connectivity index (χ4v) is 3.66. The molecule has 0 saturated carbocycles. The Kier molecular flexibility index (Phi) is 5.01. The van der Waals surface area contributed by atoms with Gasteiger partial charge >= 0.3 is 0 Å². The van der Waals surface area contributed by atoms with Crippen molar-refractivity contribution in [2.75, 3.05) is 20.8 Å². The molecule has 6 nitrogen and oxygen atoms in total. The summed E-state index contributed by atoms with van der Waals surface area (Å²) in [6.45, 7) is 6.85. The molecule has 1 aromatic heterocycles. The SMILES string of the molecule is COc1cc2c(cc1OC)-n1c(Br)nc(C(=O)NCC(C)(C)C)c1CC2. The summed E-state index contributed by atoms with van der Waals surface area (Å²) in [5.41, 5.74) is 3.49. The maximum atomic E-state index is 12.7. The third-order valence-electron chi connectivity index (χ3n) is 4.38. The second kappa shape index (κ2) is 6.95. The van der Waals surface area contributed by atoms with Gasteiger partial charge in [-0.25, -0.2) is 4.98 Å². The van der Waals surface area contributed by atoms with Crippen molar-refractivity contribution in [1.82, 2.24) is 14.9 Å². The number of imidazole rings is 1. The van der Waals surface area contributed by atoms with Crippen LogP contribution in [0.25, 0.3) is 5.69 Å². The van der Waals surface area contributed by atoms with Crippen LogP contribution in [0.1, 0.15) is 42.5 Å². The van der Waals surface area contributed by atoms with Gasteiger partial charge in [0.1, 0.15) is 0 Å². The molecule has 7 heteroatoms. The fourth-order valence-electron chi connectivity index (χ4n) is 3.08. The third kappa shape index (κ3) is 3.45. The van der Waals surface area contributed by atoms with Crippen LogP contribution >= 0.6 is 15.9 Å². The van der Waals surface area contributed by atoms with E-state index in [4.69, 9.17) is 9.47 Å². The number of nitrogens with zero attached hydrogens (tertiary/aromatic N) is 2. The lowest BCUT2D eigenvalue weighted by molar-refractivity contribution is 0.0933. The minimum atomic E-state index is -0.140. The smallest absolute Gasteiger partial charge is 0.271 e. The maximum Gasteiger partial charge on any atom is 0.271 e. The van der Waals surface area contributed by atoms with Crippen molar-refractivity contribution < 1.29 is 14.3 Å². The molecule has 0 saturated heterocycles. The Bertz CT molecular complexity index is 853. The number of methoxy groups -OCH3 is 2. The van der Waals surface area contributed by atoms with Crippen LogP contribution in [0.4, 0.5) is 0 Å². The molecule has 3 rings (SSSR count). The normalized spacial score (nSPS) is 13.0. The molecule has 0 aliphatic carbocycles. The standard InChI is InChI=1S/C19H24BrN3O3/c1-19(2,3)10-21-17(24)16-12-7-6-11-8-14(25-4)15(26-5)9-13(11)23(12)18(20)22-16/h8-9H,6-7,10H2,1-5H3,(H,21,24). The van der Waals surface area contributed by atoms with Gasteiger partial charge in [0.15, 0.2) is 21.9 Å². The van der Waals surface area contributed by atoms with Crippen LogP contribution in [0.2, 0.25) is 0 Å². The summed E-state index contributed by atoms with van der Waals surface area (Å²) in [5.74, 6) is 1.21. The molecule has 0 atom stereocenters. The number of aryl methyl sites for hydroxylation is 1. The highest BCUT2D eigenvalue weighted by molar-refractivity contribution is 9.10. The third-order valence-corrected chi connectivity index (χ3v) is 4.92. The zero-order valence-corrected chi connectivity index (χ0v) is 17.4. The second-order valence-electron chi connectivity index (χ2n) is 7.59. The molecule has 0 spiro atoms. The quantitative estimate of drug-likeness (QED) is 0.819. The highest BCUT2D eigenvalue weighted by Gasteiger charge is 2.28. The average Bonchev–Trinajstić information content (AvgIpc) is 2.94. The largest absolute Gasteiger partial charge is 0.493 e. The highest BCUT2D eigenvalue weighted by Crippen LogP contribution is 2.38. The van der Waals surface area contributed by atoms with Crippen LogP contribution in [0, 0.1) is 5.41 Å². The van der Waals surface area contributed by atoms with Gasteiger partial charge < -0.3 is 14.8 Å². The van der Waals surface area contributed by atoms with Crippen LogP contribution < -0.4 is 14.8 Å². The summed E-state index contributed by atoms with van der Waals surface area (Å²) >= 11 is 3.51. The molecule has 0 radical (unpaired) electrons. The monoisotopic (exact) mass is 421 g/mol. The molecule has 26 heavy (non-hydrogen) atoms. The average molecular weight is 422 g/mol. The van der Waals surface area contributed by atoms with Crippen LogP contribution in [-0.2, 0) is 12.8 Å². The number of carbonyl (C=O) groups is 1. The molecule has 1 aromatic carbocycles. The van der Waals surface area contributed by atoms with Crippen LogP contribution in [0.5, 0.6) is 11.5 Å². The number of fused-ring (bicyclic) bond motifs is 3. The van der Waals surface area contributed by atoms with E-state index in [0.29, 0.717) is 28.5 Å². The molecule has 0 unspecified atom stereocenters. The minimum Gasteiger partial charge on any atom is -0.493 e. The van der Waals surface area contributed by atoms with Gasteiger partial charge in [-0.1, -0.05) is 20.8 Å². The fraction of sp³-hybridized carbons (Fsp3) is 0.474. The number of hydrogen-bond donors (Lipinski definition) is 1. The summed E-state index contributed by atoms with van der Waals surface area (Å²) in [7, 11) is 3.24. The van der Waals surface area contributed by atoms with E-state index in [-0.39, 0.29) is 11.3 Å². The van der Waals surface area contributed by atoms with Crippen LogP contribution in [0.15, 0.2) is 16.9 Å². The number of carbonyl (C=O) groups excluding carboxylic acids is 1. The first-order valence-electron chi connectivity index (χ1n) is 8.55. The van der Waals surface area contributed by atoms with E-state index >= 15 is 0 Å². The molecule has 1 amide bonds. The van der Waals surface area contributed by atoms with Crippen molar-refractivity contribution in [1.29, 1.82) is 0 Å². The van der Waals surface area contributed by atoms with E-state index in [0.717, 1.165) is 29.8 Å². The molecule has 1 aliphatic rings. The van der Waals surface area contributed by atoms with Gasteiger partial charge in [-0.3, -0.25) is 9.36 Å². The van der Waals surface area contributed by atoms with E-state index in [1.54, 1.807) is 14.2 Å². The van der Waals surface area contributed by atoms with Crippen molar-refractivity contribution in [2.45, 2.75) is 33.6 Å². The molecular weight excluding hydrogens is 398 g/mol. The number of benzene rings is 1. The van der Waals surface area contributed by atoms with E-state index in [9.17, 15) is 4.79 Å². The number of rotatable bonds is 4. The van der Waals surface area contributed by atoms with Crippen molar-refractivity contribution >= 4 is 21.8 Å². The van der Waals surface area contributed by atoms with Gasteiger partial charge in [0.2, 0.25) is 0 Å². The summed E-state index contributed by atoms with van der Waals surface area (Å²) in [6, 6.07) is 3.92. The van der Waals surface area contributed by atoms with Gasteiger partial charge in [0, 0.05) is 12.6 Å². The summed E-state index contributed by atoms with van der Waals surface area (Å²) in [4.78, 5) is 17.1. The summed E-state index contributed by atoms with van der Waals surface area (Å²) < 4.78 is 13.4. The van der Waals surface area contributed by atoms with Gasteiger partial charge in [-0.2, -0.15) is 0 Å². The van der Waals surface area contributed by atoms with Crippen molar-refractivity contribution in [3.05, 3.63) is 33.8 Å². The first-order chi connectivity index (χ1) is 12.2.